The highest BCUT2D eigenvalue weighted by atomic mass is 32.1. The van der Waals surface area contributed by atoms with E-state index in [0.717, 1.165) is 5.69 Å². The molecule has 2 rings (SSSR count). The maximum Gasteiger partial charge on any atom is 0.191 e. The molecule has 0 unspecified atom stereocenters. The van der Waals surface area contributed by atoms with E-state index in [1.807, 2.05) is 6.07 Å². The van der Waals surface area contributed by atoms with E-state index in [9.17, 15) is 0 Å². The average molecular weight is 273 g/mol. The van der Waals surface area contributed by atoms with Gasteiger partial charge < -0.3 is 10.4 Å². The largest absolute Gasteiger partial charge is 0.506 e. The second kappa shape index (κ2) is 6.41. The SMILES string of the molecule is Oc1ccc(/C=N\NC(=S)Nc2cccnc2)nc1. The molecule has 0 fully saturated rings. The van der Waals surface area contributed by atoms with Crippen molar-refractivity contribution in [2.75, 3.05) is 5.32 Å². The van der Waals surface area contributed by atoms with Crippen LogP contribution in [0.1, 0.15) is 5.69 Å². The minimum Gasteiger partial charge on any atom is -0.506 e. The van der Waals surface area contributed by atoms with Gasteiger partial charge in [-0.15, -0.1) is 0 Å². The molecule has 0 atom stereocenters. The van der Waals surface area contributed by atoms with Gasteiger partial charge in [-0.05, 0) is 36.5 Å². The molecule has 96 valence electrons. The van der Waals surface area contributed by atoms with Gasteiger partial charge in [0.2, 0.25) is 0 Å². The highest BCUT2D eigenvalue weighted by molar-refractivity contribution is 7.80. The number of nitrogens with zero attached hydrogens (tertiary/aromatic N) is 3. The minimum atomic E-state index is 0.110. The van der Waals surface area contributed by atoms with Gasteiger partial charge in [-0.2, -0.15) is 5.10 Å². The van der Waals surface area contributed by atoms with E-state index in [1.54, 1.807) is 24.5 Å². The topological polar surface area (TPSA) is 82.4 Å². The van der Waals surface area contributed by atoms with E-state index in [1.165, 1.54) is 18.5 Å². The molecule has 0 aliphatic rings. The molecule has 0 saturated heterocycles. The second-order valence-corrected chi connectivity index (χ2v) is 3.92. The highest BCUT2D eigenvalue weighted by Crippen LogP contribution is 2.04. The van der Waals surface area contributed by atoms with Crippen molar-refractivity contribution in [3.8, 4) is 5.75 Å². The third kappa shape index (κ3) is 4.32. The molecule has 0 aliphatic heterocycles. The van der Waals surface area contributed by atoms with Gasteiger partial charge in [0.25, 0.3) is 0 Å². The molecule has 0 aromatic carbocycles. The Hall–Kier alpha value is -2.54. The fourth-order valence-electron chi connectivity index (χ4n) is 1.23. The van der Waals surface area contributed by atoms with Crippen molar-refractivity contribution in [3.05, 3.63) is 48.5 Å². The number of pyridine rings is 2. The minimum absolute atomic E-state index is 0.110. The van der Waals surface area contributed by atoms with Gasteiger partial charge in [0.1, 0.15) is 5.75 Å². The summed E-state index contributed by atoms with van der Waals surface area (Å²) in [5, 5.41) is 16.3. The zero-order valence-corrected chi connectivity index (χ0v) is 10.6. The Morgan fingerprint density at radius 1 is 1.32 bits per heavy atom. The van der Waals surface area contributed by atoms with Crippen molar-refractivity contribution in [3.63, 3.8) is 0 Å². The first kappa shape index (κ1) is 12.9. The number of aromatic nitrogens is 2. The third-order valence-corrected chi connectivity index (χ3v) is 2.25. The summed E-state index contributed by atoms with van der Waals surface area (Å²) in [5.74, 6) is 0.110. The van der Waals surface area contributed by atoms with E-state index in [-0.39, 0.29) is 5.75 Å². The standard InChI is InChI=1S/C12H11N5OS/c18-11-4-3-9(14-8-11)7-15-17-12(19)16-10-2-1-5-13-6-10/h1-8,18H,(H2,16,17,19)/b15-7-. The maximum atomic E-state index is 9.08. The molecule has 0 amide bonds. The van der Waals surface area contributed by atoms with Crippen molar-refractivity contribution in [2.45, 2.75) is 0 Å². The number of rotatable bonds is 3. The number of hydrogen-bond donors (Lipinski definition) is 3. The Labute approximate surface area is 115 Å². The lowest BCUT2D eigenvalue weighted by Crippen LogP contribution is -2.23. The van der Waals surface area contributed by atoms with Crippen LogP contribution in [0.15, 0.2) is 48.0 Å². The summed E-state index contributed by atoms with van der Waals surface area (Å²) >= 11 is 5.05. The molecule has 0 spiro atoms. The van der Waals surface area contributed by atoms with Gasteiger partial charge in [0, 0.05) is 6.20 Å². The molecule has 2 aromatic rings. The van der Waals surface area contributed by atoms with Crippen LogP contribution in [-0.2, 0) is 0 Å². The van der Waals surface area contributed by atoms with Gasteiger partial charge in [-0.3, -0.25) is 15.4 Å². The normalized spacial score (nSPS) is 10.3. The van der Waals surface area contributed by atoms with Crippen LogP contribution in [0.3, 0.4) is 0 Å². The molecule has 3 N–H and O–H groups in total. The Morgan fingerprint density at radius 2 is 2.21 bits per heavy atom. The van der Waals surface area contributed by atoms with Crippen molar-refractivity contribution in [1.29, 1.82) is 0 Å². The van der Waals surface area contributed by atoms with Crippen molar-refractivity contribution < 1.29 is 5.11 Å². The first-order chi connectivity index (χ1) is 9.24. The van der Waals surface area contributed by atoms with Crippen molar-refractivity contribution in [2.24, 2.45) is 5.10 Å². The molecular weight excluding hydrogens is 262 g/mol. The highest BCUT2D eigenvalue weighted by Gasteiger charge is 1.95. The van der Waals surface area contributed by atoms with Crippen LogP contribution >= 0.6 is 12.2 Å². The Morgan fingerprint density at radius 3 is 2.89 bits per heavy atom. The lowest BCUT2D eigenvalue weighted by atomic mass is 10.4. The number of hydrazone groups is 1. The summed E-state index contributed by atoms with van der Waals surface area (Å²) in [6.45, 7) is 0. The first-order valence-electron chi connectivity index (χ1n) is 5.39. The molecule has 7 heteroatoms. The van der Waals surface area contributed by atoms with E-state index in [2.05, 4.69) is 25.8 Å². The molecule has 0 aliphatic carbocycles. The smallest absolute Gasteiger partial charge is 0.191 e. The Bertz CT molecular complexity index is 570. The number of thiocarbonyl (C=S) groups is 1. The van der Waals surface area contributed by atoms with E-state index >= 15 is 0 Å². The molecule has 6 nitrogen and oxygen atoms in total. The molecule has 2 heterocycles. The van der Waals surface area contributed by atoms with Gasteiger partial charge in [0.15, 0.2) is 5.11 Å². The predicted molar refractivity (Wildman–Crippen MR) is 77.1 cm³/mol. The molecule has 0 radical (unpaired) electrons. The maximum absolute atomic E-state index is 9.08. The van der Waals surface area contributed by atoms with E-state index in [0.29, 0.717) is 10.8 Å². The van der Waals surface area contributed by atoms with Crippen LogP contribution in [0.25, 0.3) is 0 Å². The number of hydrogen-bond acceptors (Lipinski definition) is 5. The van der Waals surface area contributed by atoms with E-state index in [4.69, 9.17) is 17.3 Å². The fourth-order valence-corrected chi connectivity index (χ4v) is 1.40. The van der Waals surface area contributed by atoms with Gasteiger partial charge >= 0.3 is 0 Å². The zero-order valence-electron chi connectivity index (χ0n) is 9.82. The summed E-state index contributed by atoms with van der Waals surface area (Å²) < 4.78 is 0. The molecule has 0 saturated carbocycles. The Kier molecular flexibility index (Phi) is 4.35. The second-order valence-electron chi connectivity index (χ2n) is 3.51. The van der Waals surface area contributed by atoms with Crippen LogP contribution in [-0.4, -0.2) is 26.4 Å². The lowest BCUT2D eigenvalue weighted by molar-refractivity contribution is 0.472. The Balaban J connectivity index is 1.85. The predicted octanol–water partition coefficient (Wildman–Crippen LogP) is 1.50. The molecular formula is C12H11N5OS. The summed E-state index contributed by atoms with van der Waals surface area (Å²) in [6.07, 6.45) is 6.17. The summed E-state index contributed by atoms with van der Waals surface area (Å²) in [6, 6.07) is 6.81. The summed E-state index contributed by atoms with van der Waals surface area (Å²) in [5.41, 5.74) is 4.04. The summed E-state index contributed by atoms with van der Waals surface area (Å²) in [4.78, 5) is 7.90. The molecule has 19 heavy (non-hydrogen) atoms. The molecule has 2 aromatic heterocycles. The number of nitrogens with one attached hydrogen (secondary N) is 2. The first-order valence-corrected chi connectivity index (χ1v) is 5.80. The van der Waals surface area contributed by atoms with Crippen LogP contribution in [0.5, 0.6) is 5.75 Å². The average Bonchev–Trinajstić information content (AvgIpc) is 2.42. The van der Waals surface area contributed by atoms with Gasteiger partial charge in [-0.1, -0.05) is 0 Å². The van der Waals surface area contributed by atoms with Gasteiger partial charge in [0.05, 0.1) is 30.0 Å². The quantitative estimate of drug-likeness (QED) is 0.446. The van der Waals surface area contributed by atoms with Crippen LogP contribution in [0.2, 0.25) is 0 Å². The lowest BCUT2D eigenvalue weighted by Gasteiger charge is -2.05. The number of anilines is 1. The summed E-state index contributed by atoms with van der Waals surface area (Å²) in [7, 11) is 0. The molecule has 0 bridgehead atoms. The fraction of sp³-hybridized carbons (Fsp3) is 0. The van der Waals surface area contributed by atoms with Crippen LogP contribution in [0.4, 0.5) is 5.69 Å². The number of aromatic hydroxyl groups is 1. The zero-order chi connectivity index (χ0) is 13.5. The van der Waals surface area contributed by atoms with Crippen LogP contribution in [0, 0.1) is 0 Å². The van der Waals surface area contributed by atoms with Crippen molar-refractivity contribution in [1.82, 2.24) is 15.4 Å². The van der Waals surface area contributed by atoms with Gasteiger partial charge in [-0.25, -0.2) is 0 Å². The van der Waals surface area contributed by atoms with Crippen molar-refractivity contribution >= 4 is 29.2 Å². The van der Waals surface area contributed by atoms with Crippen LogP contribution < -0.4 is 10.7 Å². The third-order valence-electron chi connectivity index (χ3n) is 2.05. The van der Waals surface area contributed by atoms with E-state index < -0.39 is 0 Å². The monoisotopic (exact) mass is 273 g/mol.